The lowest BCUT2D eigenvalue weighted by Gasteiger charge is -2.31. The van der Waals surface area contributed by atoms with Crippen LogP contribution in [0.2, 0.25) is 0 Å². The van der Waals surface area contributed by atoms with Gasteiger partial charge in [0.1, 0.15) is 17.3 Å². The topological polar surface area (TPSA) is 96.7 Å². The quantitative estimate of drug-likeness (QED) is 0.698. The zero-order chi connectivity index (χ0) is 20.7. The molecule has 1 aromatic heterocycles. The third kappa shape index (κ3) is 3.91. The van der Waals surface area contributed by atoms with Crippen LogP contribution in [0, 0.1) is 5.82 Å². The van der Waals surface area contributed by atoms with Gasteiger partial charge >= 0.3 is 11.7 Å². The Morgan fingerprint density at radius 3 is 2.69 bits per heavy atom. The number of nitrogens with one attached hydrogen (secondary N) is 1. The van der Waals surface area contributed by atoms with E-state index in [1.165, 1.54) is 16.8 Å². The van der Waals surface area contributed by atoms with Gasteiger partial charge in [-0.15, -0.1) is 11.6 Å². The largest absolute Gasteiger partial charge is 0.478 e. The summed E-state index contributed by atoms with van der Waals surface area (Å²) in [6.07, 6.45) is 4.58. The van der Waals surface area contributed by atoms with E-state index < -0.39 is 22.7 Å². The first kappa shape index (κ1) is 20.0. The van der Waals surface area contributed by atoms with Crippen LogP contribution in [0.25, 0.3) is 11.0 Å². The van der Waals surface area contributed by atoms with Gasteiger partial charge in [-0.3, -0.25) is 4.57 Å². The number of allylic oxidation sites excluding steroid dienone is 1. The molecular formula is C19H18Cl2FN3O4. The second-order valence-corrected chi connectivity index (χ2v) is 8.23. The van der Waals surface area contributed by atoms with Gasteiger partial charge in [-0.1, -0.05) is 11.6 Å². The molecule has 2 heterocycles. The molecule has 29 heavy (non-hydrogen) atoms. The highest BCUT2D eigenvalue weighted by atomic mass is 35.5. The Morgan fingerprint density at radius 1 is 1.31 bits per heavy atom. The number of aromatic nitrogens is 2. The van der Waals surface area contributed by atoms with E-state index in [9.17, 15) is 19.1 Å². The Hall–Kier alpha value is -2.32. The van der Waals surface area contributed by atoms with Gasteiger partial charge in [0.25, 0.3) is 0 Å². The molecule has 1 fully saturated rings. The van der Waals surface area contributed by atoms with Crippen LogP contribution < -0.4 is 5.69 Å². The summed E-state index contributed by atoms with van der Waals surface area (Å²) in [5.41, 5.74) is -0.183. The SMILES string of the molecule is O=C(O)c1cc2c(cc1F)[nH]c(=O)n2C1CCC(OC2=NC=C(Cl)CC2Cl)CC1. The van der Waals surface area contributed by atoms with Crippen molar-refractivity contribution in [3.63, 3.8) is 0 Å². The summed E-state index contributed by atoms with van der Waals surface area (Å²) in [5.74, 6) is -1.81. The van der Waals surface area contributed by atoms with E-state index in [2.05, 4.69) is 9.98 Å². The van der Waals surface area contributed by atoms with Crippen LogP contribution in [0.15, 0.2) is 33.2 Å². The smallest absolute Gasteiger partial charge is 0.338 e. The Kier molecular flexibility index (Phi) is 5.40. The highest BCUT2D eigenvalue weighted by Crippen LogP contribution is 2.33. The van der Waals surface area contributed by atoms with Crippen LogP contribution in [0.5, 0.6) is 0 Å². The van der Waals surface area contributed by atoms with Crippen molar-refractivity contribution in [1.29, 1.82) is 0 Å². The van der Waals surface area contributed by atoms with E-state index in [-0.39, 0.29) is 23.4 Å². The molecule has 0 spiro atoms. The Labute approximate surface area is 174 Å². The van der Waals surface area contributed by atoms with Crippen molar-refractivity contribution < 1.29 is 19.0 Å². The Morgan fingerprint density at radius 2 is 2.03 bits per heavy atom. The number of H-pyrrole nitrogens is 1. The third-order valence-corrected chi connectivity index (χ3v) is 5.90. The number of benzene rings is 1. The molecule has 1 aliphatic heterocycles. The number of aliphatic imine (C=N–C) groups is 1. The zero-order valence-electron chi connectivity index (χ0n) is 15.2. The average molecular weight is 442 g/mol. The maximum absolute atomic E-state index is 13.9. The molecule has 0 radical (unpaired) electrons. The monoisotopic (exact) mass is 441 g/mol. The van der Waals surface area contributed by atoms with Crippen LogP contribution in [0.3, 0.4) is 0 Å². The van der Waals surface area contributed by atoms with Gasteiger partial charge < -0.3 is 14.8 Å². The minimum atomic E-state index is -1.38. The van der Waals surface area contributed by atoms with Crippen LogP contribution in [-0.2, 0) is 4.74 Å². The summed E-state index contributed by atoms with van der Waals surface area (Å²) in [6, 6.07) is 2.11. The minimum absolute atomic E-state index is 0.0792. The highest BCUT2D eigenvalue weighted by molar-refractivity contribution is 6.35. The van der Waals surface area contributed by atoms with E-state index in [0.29, 0.717) is 48.6 Å². The normalized spacial score (nSPS) is 24.9. The van der Waals surface area contributed by atoms with Crippen LogP contribution in [0.1, 0.15) is 48.5 Å². The molecule has 1 aliphatic carbocycles. The van der Waals surface area contributed by atoms with Gasteiger partial charge in [0.2, 0.25) is 5.90 Å². The zero-order valence-corrected chi connectivity index (χ0v) is 16.7. The van der Waals surface area contributed by atoms with Crippen molar-refractivity contribution >= 4 is 46.1 Å². The number of halogens is 3. The third-order valence-electron chi connectivity index (χ3n) is 5.31. The second-order valence-electron chi connectivity index (χ2n) is 7.22. The number of rotatable bonds is 3. The number of carboxylic acid groups (broad SMARTS) is 1. The van der Waals surface area contributed by atoms with Crippen molar-refractivity contribution in [3.05, 3.63) is 45.2 Å². The van der Waals surface area contributed by atoms with E-state index in [0.717, 1.165) is 6.07 Å². The fourth-order valence-corrected chi connectivity index (χ4v) is 4.45. The first-order chi connectivity index (χ1) is 13.8. The van der Waals surface area contributed by atoms with Gasteiger partial charge in [-0.05, 0) is 31.7 Å². The van der Waals surface area contributed by atoms with Crippen molar-refractivity contribution in [2.24, 2.45) is 4.99 Å². The minimum Gasteiger partial charge on any atom is -0.478 e. The number of aromatic carboxylic acids is 1. The molecule has 7 nitrogen and oxygen atoms in total. The number of alkyl halides is 1. The molecule has 1 atom stereocenters. The number of hydrogen-bond acceptors (Lipinski definition) is 4. The molecule has 0 saturated heterocycles. The number of carbonyl (C=O) groups is 1. The maximum atomic E-state index is 13.9. The number of nitrogens with zero attached hydrogens (tertiary/aromatic N) is 2. The highest BCUT2D eigenvalue weighted by Gasteiger charge is 2.29. The molecular weight excluding hydrogens is 424 g/mol. The predicted octanol–water partition coefficient (Wildman–Crippen LogP) is 4.16. The van der Waals surface area contributed by atoms with Crippen molar-refractivity contribution in [3.8, 4) is 0 Å². The summed E-state index contributed by atoms with van der Waals surface area (Å²) in [5, 5.41) is 9.36. The molecule has 154 valence electrons. The average Bonchev–Trinajstić information content (AvgIpc) is 2.98. The van der Waals surface area contributed by atoms with Crippen molar-refractivity contribution in [2.75, 3.05) is 0 Å². The van der Waals surface area contributed by atoms with Gasteiger partial charge in [-0.2, -0.15) is 0 Å². The maximum Gasteiger partial charge on any atom is 0.338 e. The van der Waals surface area contributed by atoms with Crippen LogP contribution in [-0.4, -0.2) is 38.0 Å². The van der Waals surface area contributed by atoms with Crippen molar-refractivity contribution in [1.82, 2.24) is 9.55 Å². The van der Waals surface area contributed by atoms with E-state index in [4.69, 9.17) is 27.9 Å². The lowest BCUT2D eigenvalue weighted by molar-refractivity contribution is 0.0692. The van der Waals surface area contributed by atoms with E-state index in [1.807, 2.05) is 0 Å². The fourth-order valence-electron chi connectivity index (χ4n) is 3.89. The molecule has 10 heteroatoms. The van der Waals surface area contributed by atoms with Crippen LogP contribution >= 0.6 is 23.2 Å². The lowest BCUT2D eigenvalue weighted by Crippen LogP contribution is -2.32. The van der Waals surface area contributed by atoms with Gasteiger partial charge in [0.05, 0.1) is 16.6 Å². The molecule has 1 saturated carbocycles. The summed E-state index contributed by atoms with van der Waals surface area (Å²) in [6.45, 7) is 0. The van der Waals surface area contributed by atoms with Gasteiger partial charge in [0.15, 0.2) is 0 Å². The second kappa shape index (κ2) is 7.84. The summed E-state index contributed by atoms with van der Waals surface area (Å²) in [7, 11) is 0. The number of imidazole rings is 1. The molecule has 4 rings (SSSR count). The van der Waals surface area contributed by atoms with Gasteiger partial charge in [-0.25, -0.2) is 19.0 Å². The van der Waals surface area contributed by atoms with Crippen molar-refractivity contribution in [2.45, 2.75) is 49.6 Å². The Bertz CT molecular complexity index is 1080. The summed E-state index contributed by atoms with van der Waals surface area (Å²) < 4.78 is 21.4. The molecule has 0 bridgehead atoms. The van der Waals surface area contributed by atoms with Gasteiger partial charge in [0, 0.05) is 29.8 Å². The lowest BCUT2D eigenvalue weighted by atomic mass is 9.92. The summed E-state index contributed by atoms with van der Waals surface area (Å²) >= 11 is 12.2. The predicted molar refractivity (Wildman–Crippen MR) is 107 cm³/mol. The number of aromatic amines is 1. The molecule has 0 amide bonds. The standard InChI is InChI=1S/C19H18Cl2FN3O4/c20-9-5-13(21)17(23-8-9)29-11-3-1-10(2-4-11)25-16-6-12(18(26)27)14(22)7-15(16)24-19(25)28/h6-8,10-11,13H,1-5H2,(H,24,28)(H,26,27). The van der Waals surface area contributed by atoms with E-state index >= 15 is 0 Å². The number of ether oxygens (including phenoxy) is 1. The molecule has 2 aromatic rings. The number of fused-ring (bicyclic) bond motifs is 1. The molecule has 2 N–H and O–H groups in total. The number of carboxylic acids is 1. The number of hydrogen-bond donors (Lipinski definition) is 2. The fraction of sp³-hybridized carbons (Fsp3) is 0.421. The molecule has 2 aliphatic rings. The first-order valence-corrected chi connectivity index (χ1v) is 10.0. The summed E-state index contributed by atoms with van der Waals surface area (Å²) in [4.78, 5) is 30.5. The van der Waals surface area contributed by atoms with E-state index in [1.54, 1.807) is 0 Å². The molecule has 1 aromatic carbocycles. The van der Waals surface area contributed by atoms with Crippen LogP contribution in [0.4, 0.5) is 4.39 Å². The Balaban J connectivity index is 1.52. The first-order valence-electron chi connectivity index (χ1n) is 9.23. The molecule has 1 unspecified atom stereocenters.